The van der Waals surface area contributed by atoms with Gasteiger partial charge in [0.15, 0.2) is 0 Å². The predicted molar refractivity (Wildman–Crippen MR) is 89.4 cm³/mol. The van der Waals surface area contributed by atoms with Crippen molar-refractivity contribution in [3.8, 4) is 0 Å². The zero-order valence-electron chi connectivity index (χ0n) is 13.8. The van der Waals surface area contributed by atoms with Crippen LogP contribution in [0.15, 0.2) is 24.3 Å². The molecular weight excluding hydrogens is 262 g/mol. The molecule has 0 aromatic heterocycles. The number of carbonyl (C=O) groups is 1. The SMILES string of the molecule is CCCC(N)CC(=O)N(CC)Cc1ccc(N(C)C)cc1. The van der Waals surface area contributed by atoms with Crippen molar-refractivity contribution in [2.45, 2.75) is 45.7 Å². The monoisotopic (exact) mass is 291 g/mol. The molecule has 0 radical (unpaired) electrons. The van der Waals surface area contributed by atoms with Crippen molar-refractivity contribution in [1.82, 2.24) is 4.90 Å². The van der Waals surface area contributed by atoms with Gasteiger partial charge in [-0.2, -0.15) is 0 Å². The number of carbonyl (C=O) groups excluding carboxylic acids is 1. The van der Waals surface area contributed by atoms with Gasteiger partial charge in [-0.05, 0) is 31.0 Å². The van der Waals surface area contributed by atoms with Crippen LogP contribution in [0.1, 0.15) is 38.7 Å². The lowest BCUT2D eigenvalue weighted by atomic mass is 10.1. The second-order valence-electron chi connectivity index (χ2n) is 5.72. The highest BCUT2D eigenvalue weighted by molar-refractivity contribution is 5.76. The normalized spacial score (nSPS) is 12.0. The molecule has 4 nitrogen and oxygen atoms in total. The summed E-state index contributed by atoms with van der Waals surface area (Å²) >= 11 is 0. The molecule has 1 unspecified atom stereocenters. The molecule has 0 bridgehead atoms. The number of hydrogen-bond acceptors (Lipinski definition) is 3. The summed E-state index contributed by atoms with van der Waals surface area (Å²) in [7, 11) is 4.04. The van der Waals surface area contributed by atoms with Gasteiger partial charge in [0.05, 0.1) is 0 Å². The Balaban J connectivity index is 2.62. The minimum atomic E-state index is -0.0207. The third kappa shape index (κ3) is 5.76. The third-order valence-electron chi connectivity index (χ3n) is 3.66. The highest BCUT2D eigenvalue weighted by atomic mass is 16.2. The van der Waals surface area contributed by atoms with E-state index < -0.39 is 0 Å². The Morgan fingerprint density at radius 1 is 1.19 bits per heavy atom. The Morgan fingerprint density at radius 3 is 2.29 bits per heavy atom. The fraction of sp³-hybridized carbons (Fsp3) is 0.588. The van der Waals surface area contributed by atoms with Gasteiger partial charge >= 0.3 is 0 Å². The number of rotatable bonds is 8. The van der Waals surface area contributed by atoms with Crippen LogP contribution in [0.3, 0.4) is 0 Å². The standard InChI is InChI=1S/C17H29N3O/c1-5-7-15(18)12-17(21)20(6-2)13-14-8-10-16(11-9-14)19(3)4/h8-11,15H,5-7,12-13,18H2,1-4H3. The van der Waals surface area contributed by atoms with E-state index in [1.54, 1.807) is 0 Å². The van der Waals surface area contributed by atoms with Gasteiger partial charge in [0, 0.05) is 45.3 Å². The molecule has 0 saturated heterocycles. The fourth-order valence-corrected chi connectivity index (χ4v) is 2.32. The molecule has 0 saturated carbocycles. The van der Waals surface area contributed by atoms with E-state index in [1.165, 1.54) is 0 Å². The largest absolute Gasteiger partial charge is 0.378 e. The molecule has 0 heterocycles. The fourth-order valence-electron chi connectivity index (χ4n) is 2.32. The van der Waals surface area contributed by atoms with Crippen LogP contribution in [-0.4, -0.2) is 37.5 Å². The van der Waals surface area contributed by atoms with Crippen LogP contribution in [0.2, 0.25) is 0 Å². The van der Waals surface area contributed by atoms with Crippen molar-refractivity contribution < 1.29 is 4.79 Å². The Labute approximate surface area is 128 Å². The minimum absolute atomic E-state index is 0.0207. The Kier molecular flexibility index (Phi) is 7.23. The van der Waals surface area contributed by atoms with Gasteiger partial charge in [-0.15, -0.1) is 0 Å². The molecular formula is C17H29N3O. The lowest BCUT2D eigenvalue weighted by Gasteiger charge is -2.23. The van der Waals surface area contributed by atoms with Crippen molar-refractivity contribution in [2.75, 3.05) is 25.5 Å². The van der Waals surface area contributed by atoms with Gasteiger partial charge in [0.2, 0.25) is 5.91 Å². The van der Waals surface area contributed by atoms with Crippen molar-refractivity contribution in [1.29, 1.82) is 0 Å². The number of anilines is 1. The first-order valence-electron chi connectivity index (χ1n) is 7.77. The Bertz CT molecular complexity index is 428. The molecule has 4 heteroatoms. The van der Waals surface area contributed by atoms with E-state index in [-0.39, 0.29) is 11.9 Å². The average Bonchev–Trinajstić information content (AvgIpc) is 2.45. The summed E-state index contributed by atoms with van der Waals surface area (Å²) in [6.07, 6.45) is 2.37. The summed E-state index contributed by atoms with van der Waals surface area (Å²) in [6, 6.07) is 8.30. The lowest BCUT2D eigenvalue weighted by molar-refractivity contribution is -0.132. The summed E-state index contributed by atoms with van der Waals surface area (Å²) in [5.41, 5.74) is 8.29. The molecule has 1 atom stereocenters. The molecule has 2 N–H and O–H groups in total. The summed E-state index contributed by atoms with van der Waals surface area (Å²) in [4.78, 5) is 16.2. The maximum Gasteiger partial charge on any atom is 0.224 e. The van der Waals surface area contributed by atoms with Gasteiger partial charge in [-0.3, -0.25) is 4.79 Å². The Hall–Kier alpha value is -1.55. The predicted octanol–water partition coefficient (Wildman–Crippen LogP) is 2.62. The van der Waals surface area contributed by atoms with Crippen molar-refractivity contribution in [2.24, 2.45) is 5.73 Å². The van der Waals surface area contributed by atoms with Crippen LogP contribution in [0.5, 0.6) is 0 Å². The van der Waals surface area contributed by atoms with E-state index in [0.29, 0.717) is 19.5 Å². The maximum absolute atomic E-state index is 12.3. The number of hydrogen-bond donors (Lipinski definition) is 1. The lowest BCUT2D eigenvalue weighted by Crippen LogP contribution is -2.35. The number of nitrogens with zero attached hydrogens (tertiary/aromatic N) is 2. The molecule has 0 aliphatic heterocycles. The van der Waals surface area contributed by atoms with Gasteiger partial charge in [0.1, 0.15) is 0 Å². The van der Waals surface area contributed by atoms with Crippen LogP contribution < -0.4 is 10.6 Å². The first-order valence-corrected chi connectivity index (χ1v) is 7.77. The van der Waals surface area contributed by atoms with E-state index in [4.69, 9.17) is 5.73 Å². The zero-order valence-corrected chi connectivity index (χ0v) is 13.8. The van der Waals surface area contributed by atoms with Crippen molar-refractivity contribution in [3.63, 3.8) is 0 Å². The number of benzene rings is 1. The molecule has 1 aromatic carbocycles. The van der Waals surface area contributed by atoms with Crippen LogP contribution in [-0.2, 0) is 11.3 Å². The summed E-state index contributed by atoms with van der Waals surface area (Å²) in [5, 5.41) is 0. The summed E-state index contributed by atoms with van der Waals surface area (Å²) < 4.78 is 0. The quantitative estimate of drug-likeness (QED) is 0.801. The molecule has 0 fully saturated rings. The van der Waals surface area contributed by atoms with E-state index >= 15 is 0 Å². The number of amides is 1. The molecule has 21 heavy (non-hydrogen) atoms. The smallest absolute Gasteiger partial charge is 0.224 e. The summed E-state index contributed by atoms with van der Waals surface area (Å²) in [6.45, 7) is 5.47. The molecule has 1 rings (SSSR count). The van der Waals surface area contributed by atoms with Gasteiger partial charge in [-0.25, -0.2) is 0 Å². The molecule has 0 aliphatic rings. The highest BCUT2D eigenvalue weighted by Crippen LogP contribution is 2.14. The molecule has 1 amide bonds. The number of nitrogens with two attached hydrogens (primary N) is 1. The second kappa shape index (κ2) is 8.67. The van der Waals surface area contributed by atoms with E-state index in [2.05, 4.69) is 36.1 Å². The first kappa shape index (κ1) is 17.5. The van der Waals surface area contributed by atoms with Crippen LogP contribution in [0.25, 0.3) is 0 Å². The van der Waals surface area contributed by atoms with Gasteiger partial charge in [0.25, 0.3) is 0 Å². The molecule has 0 aliphatic carbocycles. The maximum atomic E-state index is 12.3. The zero-order chi connectivity index (χ0) is 15.8. The molecule has 1 aromatic rings. The highest BCUT2D eigenvalue weighted by Gasteiger charge is 2.15. The molecule has 0 spiro atoms. The van der Waals surface area contributed by atoms with Gasteiger partial charge < -0.3 is 15.5 Å². The van der Waals surface area contributed by atoms with E-state index in [9.17, 15) is 4.79 Å². The first-order chi connectivity index (χ1) is 9.97. The Morgan fingerprint density at radius 2 is 1.81 bits per heavy atom. The van der Waals surface area contributed by atoms with Crippen LogP contribution >= 0.6 is 0 Å². The van der Waals surface area contributed by atoms with Crippen molar-refractivity contribution >= 4 is 11.6 Å². The topological polar surface area (TPSA) is 49.6 Å². The van der Waals surface area contributed by atoms with E-state index in [0.717, 1.165) is 24.1 Å². The van der Waals surface area contributed by atoms with Gasteiger partial charge in [-0.1, -0.05) is 25.5 Å². The van der Waals surface area contributed by atoms with Crippen molar-refractivity contribution in [3.05, 3.63) is 29.8 Å². The second-order valence-corrected chi connectivity index (χ2v) is 5.72. The minimum Gasteiger partial charge on any atom is -0.378 e. The summed E-state index contributed by atoms with van der Waals surface area (Å²) in [5.74, 6) is 0.148. The van der Waals surface area contributed by atoms with E-state index in [1.807, 2.05) is 25.9 Å². The van der Waals surface area contributed by atoms with Crippen LogP contribution in [0, 0.1) is 0 Å². The molecule has 118 valence electrons. The third-order valence-corrected chi connectivity index (χ3v) is 3.66. The van der Waals surface area contributed by atoms with Crippen LogP contribution in [0.4, 0.5) is 5.69 Å². The average molecular weight is 291 g/mol.